The zero-order chi connectivity index (χ0) is 13.8. The molecule has 98 valence electrons. The molecule has 0 bridgehead atoms. The molecule has 6 heteroatoms. The van der Waals surface area contributed by atoms with Crippen LogP contribution in [0.4, 0.5) is 11.5 Å². The quantitative estimate of drug-likeness (QED) is 0.799. The Morgan fingerprint density at radius 3 is 2.89 bits per heavy atom. The Morgan fingerprint density at radius 1 is 1.42 bits per heavy atom. The normalized spacial score (nSPS) is 10.2. The van der Waals surface area contributed by atoms with E-state index in [0.29, 0.717) is 17.3 Å². The number of hydrogen-bond donors (Lipinski definition) is 3. The SMILES string of the molecule is Nc1cc(C(=O)O)c(NCc2cccc(Cl)c2)cn1. The molecule has 19 heavy (non-hydrogen) atoms. The summed E-state index contributed by atoms with van der Waals surface area (Å²) in [6.45, 7) is 0.451. The minimum atomic E-state index is -1.05. The first kappa shape index (κ1) is 13.2. The Morgan fingerprint density at radius 2 is 2.21 bits per heavy atom. The largest absolute Gasteiger partial charge is 0.478 e. The molecule has 0 saturated carbocycles. The predicted molar refractivity (Wildman–Crippen MR) is 74.4 cm³/mol. The van der Waals surface area contributed by atoms with Gasteiger partial charge in [-0.05, 0) is 23.8 Å². The molecular formula is C13H12ClN3O2. The van der Waals surface area contributed by atoms with Crippen molar-refractivity contribution in [3.05, 3.63) is 52.7 Å². The topological polar surface area (TPSA) is 88.2 Å². The fourth-order valence-electron chi connectivity index (χ4n) is 1.63. The smallest absolute Gasteiger partial charge is 0.337 e. The van der Waals surface area contributed by atoms with Crippen molar-refractivity contribution in [1.82, 2.24) is 4.98 Å². The Labute approximate surface area is 115 Å². The molecule has 0 unspecified atom stereocenters. The zero-order valence-corrected chi connectivity index (χ0v) is 10.7. The number of hydrogen-bond acceptors (Lipinski definition) is 4. The van der Waals surface area contributed by atoms with Crippen molar-refractivity contribution in [3.63, 3.8) is 0 Å². The highest BCUT2D eigenvalue weighted by Gasteiger charge is 2.11. The second kappa shape index (κ2) is 5.58. The number of aromatic nitrogens is 1. The molecule has 0 amide bonds. The lowest BCUT2D eigenvalue weighted by molar-refractivity contribution is 0.0698. The van der Waals surface area contributed by atoms with Crippen molar-refractivity contribution in [2.45, 2.75) is 6.54 Å². The van der Waals surface area contributed by atoms with Crippen LogP contribution in [0.5, 0.6) is 0 Å². The van der Waals surface area contributed by atoms with Crippen LogP contribution in [0.15, 0.2) is 36.5 Å². The van der Waals surface area contributed by atoms with E-state index in [9.17, 15) is 4.79 Å². The molecule has 1 heterocycles. The Hall–Kier alpha value is -2.27. The van der Waals surface area contributed by atoms with Crippen molar-refractivity contribution >= 4 is 29.1 Å². The number of rotatable bonds is 4. The molecule has 0 aliphatic heterocycles. The fourth-order valence-corrected chi connectivity index (χ4v) is 1.85. The van der Waals surface area contributed by atoms with Crippen molar-refractivity contribution in [3.8, 4) is 0 Å². The van der Waals surface area contributed by atoms with Gasteiger partial charge in [0.25, 0.3) is 0 Å². The van der Waals surface area contributed by atoms with Gasteiger partial charge in [0.05, 0.1) is 17.4 Å². The van der Waals surface area contributed by atoms with Crippen molar-refractivity contribution in [2.24, 2.45) is 0 Å². The maximum absolute atomic E-state index is 11.1. The average Bonchev–Trinajstić information content (AvgIpc) is 2.37. The second-order valence-corrected chi connectivity index (χ2v) is 4.38. The highest BCUT2D eigenvalue weighted by atomic mass is 35.5. The summed E-state index contributed by atoms with van der Waals surface area (Å²) in [5.74, 6) is -0.881. The Balaban J connectivity index is 2.17. The molecule has 0 radical (unpaired) electrons. The van der Waals surface area contributed by atoms with Gasteiger partial charge in [-0.3, -0.25) is 0 Å². The van der Waals surface area contributed by atoms with Crippen LogP contribution in [-0.2, 0) is 6.54 Å². The Bertz CT molecular complexity index is 617. The summed E-state index contributed by atoms with van der Waals surface area (Å²) in [4.78, 5) is 15.0. The van der Waals surface area contributed by atoms with E-state index in [0.717, 1.165) is 5.56 Å². The number of halogens is 1. The van der Waals surface area contributed by atoms with Crippen LogP contribution in [0.25, 0.3) is 0 Å². The maximum Gasteiger partial charge on any atom is 0.337 e. The van der Waals surface area contributed by atoms with Crippen LogP contribution in [0.1, 0.15) is 15.9 Å². The van der Waals surface area contributed by atoms with Gasteiger partial charge in [-0.1, -0.05) is 23.7 Å². The van der Waals surface area contributed by atoms with Gasteiger partial charge in [0.15, 0.2) is 0 Å². The van der Waals surface area contributed by atoms with Crippen molar-refractivity contribution in [1.29, 1.82) is 0 Å². The van der Waals surface area contributed by atoms with Crippen molar-refractivity contribution in [2.75, 3.05) is 11.1 Å². The van der Waals surface area contributed by atoms with Crippen LogP contribution >= 0.6 is 11.6 Å². The van der Waals surface area contributed by atoms with E-state index < -0.39 is 5.97 Å². The van der Waals surface area contributed by atoms with E-state index in [1.807, 2.05) is 12.1 Å². The number of pyridine rings is 1. The first-order valence-electron chi connectivity index (χ1n) is 5.53. The highest BCUT2D eigenvalue weighted by molar-refractivity contribution is 6.30. The molecule has 1 aromatic heterocycles. The third-order valence-electron chi connectivity index (χ3n) is 2.53. The van der Waals surface area contributed by atoms with Gasteiger partial charge in [0.1, 0.15) is 5.82 Å². The summed E-state index contributed by atoms with van der Waals surface area (Å²) in [5, 5.41) is 12.7. The van der Waals surface area contributed by atoms with Gasteiger partial charge < -0.3 is 16.2 Å². The summed E-state index contributed by atoms with van der Waals surface area (Å²) in [5.41, 5.74) is 6.93. The summed E-state index contributed by atoms with van der Waals surface area (Å²) in [6.07, 6.45) is 1.41. The number of nitrogens with two attached hydrogens (primary N) is 1. The Kier molecular flexibility index (Phi) is 3.87. The van der Waals surface area contributed by atoms with Gasteiger partial charge in [-0.2, -0.15) is 0 Å². The van der Waals surface area contributed by atoms with E-state index in [4.69, 9.17) is 22.4 Å². The number of carboxylic acids is 1. The zero-order valence-electron chi connectivity index (χ0n) is 9.93. The summed E-state index contributed by atoms with van der Waals surface area (Å²) < 4.78 is 0. The van der Waals surface area contributed by atoms with E-state index in [-0.39, 0.29) is 11.4 Å². The third-order valence-corrected chi connectivity index (χ3v) is 2.76. The number of carboxylic acid groups (broad SMARTS) is 1. The van der Waals surface area contributed by atoms with Crippen LogP contribution in [-0.4, -0.2) is 16.1 Å². The molecule has 2 rings (SSSR count). The lowest BCUT2D eigenvalue weighted by Gasteiger charge is -2.10. The lowest BCUT2D eigenvalue weighted by Crippen LogP contribution is -2.08. The fraction of sp³-hybridized carbons (Fsp3) is 0.0769. The first-order valence-corrected chi connectivity index (χ1v) is 5.91. The number of aromatic carboxylic acids is 1. The number of anilines is 2. The van der Waals surface area contributed by atoms with Crippen LogP contribution in [0.2, 0.25) is 5.02 Å². The number of nitrogen functional groups attached to an aromatic ring is 1. The van der Waals surface area contributed by atoms with Crippen LogP contribution in [0, 0.1) is 0 Å². The minimum Gasteiger partial charge on any atom is -0.478 e. The molecule has 2 aromatic rings. The number of benzene rings is 1. The molecule has 0 aliphatic carbocycles. The molecule has 0 spiro atoms. The minimum absolute atomic E-state index is 0.0922. The molecule has 0 saturated heterocycles. The maximum atomic E-state index is 11.1. The van der Waals surface area contributed by atoms with E-state index >= 15 is 0 Å². The molecule has 5 nitrogen and oxygen atoms in total. The van der Waals surface area contributed by atoms with Crippen molar-refractivity contribution < 1.29 is 9.90 Å². The van der Waals surface area contributed by atoms with E-state index in [1.54, 1.807) is 12.1 Å². The van der Waals surface area contributed by atoms with Gasteiger partial charge >= 0.3 is 5.97 Å². The molecule has 4 N–H and O–H groups in total. The van der Waals surface area contributed by atoms with Gasteiger partial charge in [-0.15, -0.1) is 0 Å². The predicted octanol–water partition coefficient (Wildman–Crippen LogP) is 2.63. The second-order valence-electron chi connectivity index (χ2n) is 3.94. The summed E-state index contributed by atoms with van der Waals surface area (Å²) in [7, 11) is 0. The molecule has 0 fully saturated rings. The molecule has 1 aromatic carbocycles. The molecule has 0 aliphatic rings. The summed E-state index contributed by atoms with van der Waals surface area (Å²) in [6, 6.07) is 8.63. The average molecular weight is 278 g/mol. The molecular weight excluding hydrogens is 266 g/mol. The van der Waals surface area contributed by atoms with E-state index in [2.05, 4.69) is 10.3 Å². The number of nitrogens with zero attached hydrogens (tertiary/aromatic N) is 1. The lowest BCUT2D eigenvalue weighted by atomic mass is 10.2. The standard InChI is InChI=1S/C13H12ClN3O2/c14-9-3-1-2-8(4-9)6-16-11-7-17-12(15)5-10(11)13(18)19/h1-5,7,16H,6H2,(H2,15,17)(H,18,19). The number of carbonyl (C=O) groups is 1. The number of nitrogens with one attached hydrogen (secondary N) is 1. The van der Waals surface area contributed by atoms with E-state index in [1.165, 1.54) is 12.3 Å². The van der Waals surface area contributed by atoms with Gasteiger partial charge in [-0.25, -0.2) is 9.78 Å². The molecule has 0 atom stereocenters. The van der Waals surface area contributed by atoms with Gasteiger partial charge in [0, 0.05) is 11.6 Å². The van der Waals surface area contributed by atoms with Crippen LogP contribution < -0.4 is 11.1 Å². The first-order chi connectivity index (χ1) is 9.06. The highest BCUT2D eigenvalue weighted by Crippen LogP contribution is 2.18. The summed E-state index contributed by atoms with van der Waals surface area (Å²) >= 11 is 5.88. The van der Waals surface area contributed by atoms with Crippen LogP contribution in [0.3, 0.4) is 0 Å². The van der Waals surface area contributed by atoms with Gasteiger partial charge in [0.2, 0.25) is 0 Å². The third kappa shape index (κ3) is 3.35. The monoisotopic (exact) mass is 277 g/mol.